The van der Waals surface area contributed by atoms with E-state index in [4.69, 9.17) is 0 Å². The van der Waals surface area contributed by atoms with E-state index in [1.54, 1.807) is 11.0 Å². The first-order valence-electron chi connectivity index (χ1n) is 9.38. The average Bonchev–Trinajstić information content (AvgIpc) is 2.69. The summed E-state index contributed by atoms with van der Waals surface area (Å²) < 4.78 is 13.5. The van der Waals surface area contributed by atoms with Crippen LogP contribution in [0.15, 0.2) is 48.5 Å². The molecule has 0 fully saturated rings. The van der Waals surface area contributed by atoms with Crippen molar-refractivity contribution in [3.63, 3.8) is 0 Å². The zero-order valence-electron chi connectivity index (χ0n) is 15.7. The van der Waals surface area contributed by atoms with Crippen LogP contribution in [-0.2, 0) is 11.3 Å². The molecule has 2 aliphatic heterocycles. The lowest BCUT2D eigenvalue weighted by molar-refractivity contribution is -0.131. The number of carbonyl (C=O) groups excluding carboxylic acids is 2. The minimum atomic E-state index is -0.356. The molecule has 1 N–H and O–H groups in total. The van der Waals surface area contributed by atoms with Gasteiger partial charge in [-0.05, 0) is 48.2 Å². The number of fused-ring (bicyclic) bond motifs is 1. The lowest BCUT2D eigenvalue weighted by Gasteiger charge is -2.32. The number of benzene rings is 2. The summed E-state index contributed by atoms with van der Waals surface area (Å²) in [4.78, 5) is 28.1. The van der Waals surface area contributed by atoms with Gasteiger partial charge >= 0.3 is 6.03 Å². The molecule has 2 aromatic carbocycles. The minimum absolute atomic E-state index is 0.0184. The van der Waals surface area contributed by atoms with Crippen LogP contribution in [0.5, 0.6) is 0 Å². The van der Waals surface area contributed by atoms with Crippen molar-refractivity contribution in [1.82, 2.24) is 9.80 Å². The van der Waals surface area contributed by atoms with Gasteiger partial charge < -0.3 is 15.1 Å². The van der Waals surface area contributed by atoms with Gasteiger partial charge in [0.05, 0.1) is 6.54 Å². The van der Waals surface area contributed by atoms with Gasteiger partial charge in [-0.1, -0.05) is 35.9 Å². The Balaban J connectivity index is 1.40. The van der Waals surface area contributed by atoms with E-state index in [1.807, 2.05) is 6.07 Å². The van der Waals surface area contributed by atoms with Crippen LogP contribution >= 0.6 is 0 Å². The molecule has 2 heterocycles. The van der Waals surface area contributed by atoms with Crippen molar-refractivity contribution in [2.75, 3.05) is 25.0 Å². The molecule has 5 nitrogen and oxygen atoms in total. The summed E-state index contributed by atoms with van der Waals surface area (Å²) in [6.07, 6.45) is 2.87. The van der Waals surface area contributed by atoms with Crippen LogP contribution in [0.2, 0.25) is 0 Å². The number of hydrogen-bond acceptors (Lipinski definition) is 2. The Hall–Kier alpha value is -3.15. The summed E-state index contributed by atoms with van der Waals surface area (Å²) in [5.41, 5.74) is 4.92. The fourth-order valence-corrected chi connectivity index (χ4v) is 3.68. The maximum atomic E-state index is 13.5. The van der Waals surface area contributed by atoms with E-state index in [1.165, 1.54) is 33.7 Å². The van der Waals surface area contributed by atoms with Crippen molar-refractivity contribution < 1.29 is 14.0 Å². The molecule has 6 heteroatoms. The van der Waals surface area contributed by atoms with E-state index >= 15 is 0 Å². The van der Waals surface area contributed by atoms with Crippen molar-refractivity contribution in [3.8, 4) is 0 Å². The van der Waals surface area contributed by atoms with E-state index in [-0.39, 0.29) is 30.8 Å². The first-order chi connectivity index (χ1) is 13.5. The van der Waals surface area contributed by atoms with Gasteiger partial charge in [-0.3, -0.25) is 4.79 Å². The highest BCUT2D eigenvalue weighted by atomic mass is 19.1. The van der Waals surface area contributed by atoms with Gasteiger partial charge in [0.1, 0.15) is 12.4 Å². The van der Waals surface area contributed by atoms with Gasteiger partial charge in [0, 0.05) is 18.8 Å². The summed E-state index contributed by atoms with van der Waals surface area (Å²) >= 11 is 0. The Morgan fingerprint density at radius 1 is 1.21 bits per heavy atom. The zero-order valence-corrected chi connectivity index (χ0v) is 15.7. The molecule has 4 rings (SSSR count). The van der Waals surface area contributed by atoms with Gasteiger partial charge in [-0.25, -0.2) is 9.18 Å². The Morgan fingerprint density at radius 2 is 2.07 bits per heavy atom. The standard InChI is InChI=1S/C22H22FN3O2/c1-15-3-2-4-17(11-15)16-7-9-25(10-8-16)21(27)14-26-13-18-12-19(23)5-6-20(18)24-22(26)28/h2-7,11-12H,8-10,13-14H2,1H3,(H,24,28). The number of anilines is 1. The normalized spacial score (nSPS) is 16.4. The number of nitrogens with one attached hydrogen (secondary N) is 1. The van der Waals surface area contributed by atoms with E-state index in [0.717, 1.165) is 6.42 Å². The maximum absolute atomic E-state index is 13.5. The lowest BCUT2D eigenvalue weighted by atomic mass is 9.98. The molecule has 0 atom stereocenters. The Kier molecular flexibility index (Phi) is 4.86. The van der Waals surface area contributed by atoms with Crippen LogP contribution in [0.3, 0.4) is 0 Å². The van der Waals surface area contributed by atoms with Crippen LogP contribution < -0.4 is 5.32 Å². The monoisotopic (exact) mass is 379 g/mol. The molecule has 2 aromatic rings. The third-order valence-corrected chi connectivity index (χ3v) is 5.23. The van der Waals surface area contributed by atoms with Gasteiger partial charge in [-0.2, -0.15) is 0 Å². The summed E-state index contributed by atoms with van der Waals surface area (Å²) in [7, 11) is 0. The van der Waals surface area contributed by atoms with Crippen molar-refractivity contribution in [2.24, 2.45) is 0 Å². The molecule has 0 aromatic heterocycles. The predicted octanol–water partition coefficient (Wildman–Crippen LogP) is 3.80. The SMILES string of the molecule is Cc1cccc(C2=CCN(C(=O)CN3Cc4cc(F)ccc4NC3=O)CC2)c1. The van der Waals surface area contributed by atoms with E-state index in [0.29, 0.717) is 24.3 Å². The smallest absolute Gasteiger partial charge is 0.322 e. The second-order valence-electron chi connectivity index (χ2n) is 7.28. The number of halogens is 1. The quantitative estimate of drug-likeness (QED) is 0.882. The first kappa shape index (κ1) is 18.2. The Morgan fingerprint density at radius 3 is 2.82 bits per heavy atom. The molecule has 0 unspecified atom stereocenters. The van der Waals surface area contributed by atoms with Crippen molar-refractivity contribution in [2.45, 2.75) is 19.9 Å². The van der Waals surface area contributed by atoms with E-state index in [9.17, 15) is 14.0 Å². The van der Waals surface area contributed by atoms with Gasteiger partial charge in [0.2, 0.25) is 5.91 Å². The fraction of sp³-hybridized carbons (Fsp3) is 0.273. The molecule has 2 aliphatic rings. The summed E-state index contributed by atoms with van der Waals surface area (Å²) in [5.74, 6) is -0.458. The number of aryl methyl sites for hydroxylation is 1. The molecular formula is C22H22FN3O2. The number of carbonyl (C=O) groups is 2. The molecule has 0 bridgehead atoms. The number of amides is 3. The van der Waals surface area contributed by atoms with Crippen molar-refractivity contribution in [1.29, 1.82) is 0 Å². The van der Waals surface area contributed by atoms with Crippen LogP contribution in [-0.4, -0.2) is 41.4 Å². The van der Waals surface area contributed by atoms with Crippen LogP contribution in [0, 0.1) is 12.7 Å². The minimum Gasteiger partial charge on any atom is -0.337 e. The average molecular weight is 379 g/mol. The molecule has 28 heavy (non-hydrogen) atoms. The summed E-state index contributed by atoms with van der Waals surface area (Å²) in [6.45, 7) is 3.43. The van der Waals surface area contributed by atoms with Gasteiger partial charge in [0.15, 0.2) is 0 Å². The summed E-state index contributed by atoms with van der Waals surface area (Å²) in [5, 5.41) is 2.72. The largest absolute Gasteiger partial charge is 0.337 e. The van der Waals surface area contributed by atoms with Crippen molar-refractivity contribution in [3.05, 3.63) is 71.0 Å². The second kappa shape index (κ2) is 7.46. The van der Waals surface area contributed by atoms with E-state index in [2.05, 4.69) is 36.5 Å². The van der Waals surface area contributed by atoms with E-state index < -0.39 is 0 Å². The molecule has 0 saturated carbocycles. The zero-order chi connectivity index (χ0) is 19.7. The Bertz CT molecular complexity index is 970. The van der Waals surface area contributed by atoms with Crippen LogP contribution in [0.4, 0.5) is 14.9 Å². The molecule has 0 radical (unpaired) electrons. The molecule has 144 valence electrons. The third kappa shape index (κ3) is 3.76. The fourth-order valence-electron chi connectivity index (χ4n) is 3.68. The second-order valence-corrected chi connectivity index (χ2v) is 7.28. The lowest BCUT2D eigenvalue weighted by Crippen LogP contribution is -2.46. The predicted molar refractivity (Wildman–Crippen MR) is 106 cm³/mol. The highest BCUT2D eigenvalue weighted by molar-refractivity contribution is 5.95. The molecule has 0 saturated heterocycles. The summed E-state index contributed by atoms with van der Waals surface area (Å²) in [6, 6.07) is 12.3. The van der Waals surface area contributed by atoms with Gasteiger partial charge in [0.25, 0.3) is 0 Å². The highest BCUT2D eigenvalue weighted by Gasteiger charge is 2.27. The molecular weight excluding hydrogens is 357 g/mol. The number of hydrogen-bond donors (Lipinski definition) is 1. The number of rotatable bonds is 3. The molecule has 0 spiro atoms. The van der Waals surface area contributed by atoms with Crippen LogP contribution in [0.1, 0.15) is 23.1 Å². The number of nitrogens with zero attached hydrogens (tertiary/aromatic N) is 2. The highest BCUT2D eigenvalue weighted by Crippen LogP contribution is 2.25. The topological polar surface area (TPSA) is 52.7 Å². The molecule has 0 aliphatic carbocycles. The van der Waals surface area contributed by atoms with Crippen molar-refractivity contribution >= 4 is 23.2 Å². The number of urea groups is 1. The van der Waals surface area contributed by atoms with Crippen LogP contribution in [0.25, 0.3) is 5.57 Å². The maximum Gasteiger partial charge on any atom is 0.322 e. The third-order valence-electron chi connectivity index (χ3n) is 5.23. The molecule has 3 amide bonds. The van der Waals surface area contributed by atoms with Gasteiger partial charge in [-0.15, -0.1) is 0 Å². The first-order valence-corrected chi connectivity index (χ1v) is 9.38. The Labute approximate surface area is 163 Å².